The topological polar surface area (TPSA) is 86.6 Å². The lowest BCUT2D eigenvalue weighted by Gasteiger charge is -2.11. The molecule has 0 radical (unpaired) electrons. The second-order valence-electron chi connectivity index (χ2n) is 2.87. The Morgan fingerprint density at radius 2 is 2.07 bits per heavy atom. The number of aliphatic carboxylic acids is 1. The Labute approximate surface area is 86.9 Å². The van der Waals surface area contributed by atoms with Gasteiger partial charge in [-0.1, -0.05) is 0 Å². The van der Waals surface area contributed by atoms with Crippen LogP contribution in [0.15, 0.2) is 0 Å². The Morgan fingerprint density at radius 1 is 1.43 bits per heavy atom. The summed E-state index contributed by atoms with van der Waals surface area (Å²) in [4.78, 5) is 21.2. The zero-order valence-electron chi connectivity index (χ0n) is 8.02. The molecule has 0 aromatic heterocycles. The summed E-state index contributed by atoms with van der Waals surface area (Å²) in [5.41, 5.74) is 0. The van der Waals surface area contributed by atoms with Crippen LogP contribution in [0.25, 0.3) is 0 Å². The first-order chi connectivity index (χ1) is 6.56. The summed E-state index contributed by atoms with van der Waals surface area (Å²) in [6.07, 6.45) is 0.509. The van der Waals surface area contributed by atoms with Gasteiger partial charge in [0.05, 0.1) is 11.5 Å². The number of carbonyl (C=O) groups is 2. The van der Waals surface area contributed by atoms with Crippen LogP contribution in [-0.4, -0.2) is 46.2 Å². The summed E-state index contributed by atoms with van der Waals surface area (Å²) < 4.78 is 0. The molecule has 14 heavy (non-hydrogen) atoms. The lowest BCUT2D eigenvalue weighted by Crippen LogP contribution is -2.34. The van der Waals surface area contributed by atoms with E-state index in [9.17, 15) is 9.59 Å². The van der Waals surface area contributed by atoms with Crippen LogP contribution in [0.4, 0.5) is 0 Å². The number of aliphatic hydroxyl groups excluding tert-OH is 1. The van der Waals surface area contributed by atoms with Gasteiger partial charge in [0.15, 0.2) is 0 Å². The van der Waals surface area contributed by atoms with E-state index in [1.165, 1.54) is 0 Å². The highest BCUT2D eigenvalue weighted by Gasteiger charge is 2.07. The molecule has 0 saturated heterocycles. The standard InChI is InChI=1S/C8H15NO4S/c1-6(2-3-10)9-7(11)4-14-5-8(12)13/h6,10H,2-5H2,1H3,(H,9,11)(H,12,13). The number of amides is 1. The summed E-state index contributed by atoms with van der Waals surface area (Å²) in [6.45, 7) is 1.82. The zero-order chi connectivity index (χ0) is 11.0. The van der Waals surface area contributed by atoms with E-state index in [1.54, 1.807) is 6.92 Å². The Bertz CT molecular complexity index is 198. The normalized spacial score (nSPS) is 12.1. The van der Waals surface area contributed by atoms with Gasteiger partial charge < -0.3 is 15.5 Å². The number of carboxylic acids is 1. The first kappa shape index (κ1) is 13.2. The first-order valence-corrected chi connectivity index (χ1v) is 5.41. The minimum Gasteiger partial charge on any atom is -0.481 e. The van der Waals surface area contributed by atoms with Crippen LogP contribution in [-0.2, 0) is 9.59 Å². The molecule has 0 aromatic carbocycles. The third kappa shape index (κ3) is 7.88. The van der Waals surface area contributed by atoms with Crippen molar-refractivity contribution in [1.29, 1.82) is 0 Å². The molecule has 1 amide bonds. The molecule has 0 spiro atoms. The van der Waals surface area contributed by atoms with Crippen LogP contribution >= 0.6 is 11.8 Å². The molecule has 0 aliphatic rings. The number of nitrogens with one attached hydrogen (secondary N) is 1. The molecule has 0 aliphatic heterocycles. The van der Waals surface area contributed by atoms with Crippen LogP contribution in [0.3, 0.4) is 0 Å². The fourth-order valence-corrected chi connectivity index (χ4v) is 1.36. The number of aliphatic hydroxyl groups is 1. The minimum absolute atomic E-state index is 0.0315. The van der Waals surface area contributed by atoms with Crippen LogP contribution in [0.5, 0.6) is 0 Å². The van der Waals surface area contributed by atoms with Gasteiger partial charge in [0.2, 0.25) is 5.91 Å². The predicted octanol–water partition coefficient (Wildman–Crippen LogP) is -0.309. The van der Waals surface area contributed by atoms with E-state index in [1.807, 2.05) is 0 Å². The van der Waals surface area contributed by atoms with Gasteiger partial charge in [-0.3, -0.25) is 9.59 Å². The molecule has 0 fully saturated rings. The molecule has 82 valence electrons. The molecule has 0 aromatic rings. The molecule has 1 atom stereocenters. The van der Waals surface area contributed by atoms with Crippen LogP contribution in [0.1, 0.15) is 13.3 Å². The van der Waals surface area contributed by atoms with Crippen molar-refractivity contribution >= 4 is 23.6 Å². The van der Waals surface area contributed by atoms with Gasteiger partial charge in [-0.15, -0.1) is 11.8 Å². The van der Waals surface area contributed by atoms with Gasteiger partial charge in [0, 0.05) is 12.6 Å². The van der Waals surface area contributed by atoms with Gasteiger partial charge in [0.25, 0.3) is 0 Å². The van der Waals surface area contributed by atoms with E-state index >= 15 is 0 Å². The smallest absolute Gasteiger partial charge is 0.313 e. The monoisotopic (exact) mass is 221 g/mol. The van der Waals surface area contributed by atoms with Crippen molar-refractivity contribution in [2.24, 2.45) is 0 Å². The van der Waals surface area contributed by atoms with Gasteiger partial charge >= 0.3 is 5.97 Å². The van der Waals surface area contributed by atoms with E-state index in [2.05, 4.69) is 5.32 Å². The SMILES string of the molecule is CC(CCO)NC(=O)CSCC(=O)O. The van der Waals surface area contributed by atoms with E-state index in [0.29, 0.717) is 6.42 Å². The van der Waals surface area contributed by atoms with Crippen LogP contribution in [0.2, 0.25) is 0 Å². The fraction of sp³-hybridized carbons (Fsp3) is 0.750. The Hall–Kier alpha value is -0.750. The van der Waals surface area contributed by atoms with Crippen molar-refractivity contribution in [1.82, 2.24) is 5.32 Å². The van der Waals surface area contributed by atoms with E-state index in [4.69, 9.17) is 10.2 Å². The van der Waals surface area contributed by atoms with E-state index in [-0.39, 0.29) is 30.1 Å². The maximum atomic E-state index is 11.1. The second kappa shape index (κ2) is 7.64. The van der Waals surface area contributed by atoms with Crippen molar-refractivity contribution < 1.29 is 19.8 Å². The summed E-state index contributed by atoms with van der Waals surface area (Å²) in [5, 5.41) is 19.5. The molecule has 0 saturated carbocycles. The summed E-state index contributed by atoms with van der Waals surface area (Å²) >= 11 is 1.06. The number of carboxylic acid groups (broad SMARTS) is 1. The largest absolute Gasteiger partial charge is 0.481 e. The lowest BCUT2D eigenvalue weighted by atomic mass is 10.2. The molecule has 0 aliphatic carbocycles. The Balaban J connectivity index is 3.50. The van der Waals surface area contributed by atoms with Crippen molar-refractivity contribution in [3.63, 3.8) is 0 Å². The highest BCUT2D eigenvalue weighted by atomic mass is 32.2. The van der Waals surface area contributed by atoms with E-state index in [0.717, 1.165) is 11.8 Å². The molecule has 0 heterocycles. The van der Waals surface area contributed by atoms with Gasteiger partial charge in [-0.05, 0) is 13.3 Å². The number of rotatable bonds is 7. The highest BCUT2D eigenvalue weighted by Crippen LogP contribution is 1.99. The number of hydrogen-bond acceptors (Lipinski definition) is 4. The van der Waals surface area contributed by atoms with E-state index < -0.39 is 5.97 Å². The quantitative estimate of drug-likeness (QED) is 0.549. The Kier molecular flexibility index (Phi) is 7.23. The summed E-state index contributed by atoms with van der Waals surface area (Å²) in [6, 6.07) is -0.0714. The third-order valence-electron chi connectivity index (χ3n) is 1.43. The van der Waals surface area contributed by atoms with Gasteiger partial charge in [0.1, 0.15) is 0 Å². The van der Waals surface area contributed by atoms with Gasteiger partial charge in [-0.2, -0.15) is 0 Å². The third-order valence-corrected chi connectivity index (χ3v) is 2.35. The highest BCUT2D eigenvalue weighted by molar-refractivity contribution is 8.00. The number of hydrogen-bond donors (Lipinski definition) is 3. The molecule has 5 nitrogen and oxygen atoms in total. The summed E-state index contributed by atoms with van der Waals surface area (Å²) in [5.74, 6) is -1.05. The Morgan fingerprint density at radius 3 is 2.57 bits per heavy atom. The molecular formula is C8H15NO4S. The maximum absolute atomic E-state index is 11.1. The maximum Gasteiger partial charge on any atom is 0.313 e. The zero-order valence-corrected chi connectivity index (χ0v) is 8.84. The number of thioether (sulfide) groups is 1. The average molecular weight is 221 g/mol. The van der Waals surface area contributed by atoms with Crippen molar-refractivity contribution in [2.75, 3.05) is 18.1 Å². The predicted molar refractivity (Wildman–Crippen MR) is 54.3 cm³/mol. The summed E-state index contributed by atoms with van der Waals surface area (Å²) in [7, 11) is 0. The molecule has 6 heteroatoms. The first-order valence-electron chi connectivity index (χ1n) is 4.26. The average Bonchev–Trinajstić information content (AvgIpc) is 2.03. The second-order valence-corrected chi connectivity index (χ2v) is 3.85. The lowest BCUT2D eigenvalue weighted by molar-refractivity contribution is -0.133. The molecule has 0 bridgehead atoms. The van der Waals surface area contributed by atoms with Crippen molar-refractivity contribution in [3.8, 4) is 0 Å². The van der Waals surface area contributed by atoms with Crippen LogP contribution in [0, 0.1) is 0 Å². The van der Waals surface area contributed by atoms with Crippen molar-refractivity contribution in [3.05, 3.63) is 0 Å². The van der Waals surface area contributed by atoms with Crippen LogP contribution < -0.4 is 5.32 Å². The molecular weight excluding hydrogens is 206 g/mol. The molecule has 3 N–H and O–H groups in total. The molecule has 1 unspecified atom stereocenters. The van der Waals surface area contributed by atoms with Gasteiger partial charge in [-0.25, -0.2) is 0 Å². The fourth-order valence-electron chi connectivity index (χ4n) is 0.813. The number of carbonyl (C=O) groups excluding carboxylic acids is 1. The minimum atomic E-state index is -0.925. The molecule has 0 rings (SSSR count). The van der Waals surface area contributed by atoms with Crippen molar-refractivity contribution in [2.45, 2.75) is 19.4 Å².